The van der Waals surface area contributed by atoms with Crippen molar-refractivity contribution in [3.8, 4) is 22.4 Å². The van der Waals surface area contributed by atoms with Crippen molar-refractivity contribution in [3.63, 3.8) is 0 Å². The average Bonchev–Trinajstić information content (AvgIpc) is 3.25. The molecule has 0 aromatic carbocycles. The van der Waals surface area contributed by atoms with Gasteiger partial charge in [0.2, 0.25) is 5.82 Å². The summed E-state index contributed by atoms with van der Waals surface area (Å²) in [5.41, 5.74) is 8.00. The van der Waals surface area contributed by atoms with Gasteiger partial charge in [-0.1, -0.05) is 0 Å². The monoisotopic (exact) mass is 376 g/mol. The molecule has 4 aromatic rings. The van der Waals surface area contributed by atoms with Crippen LogP contribution >= 0.6 is 0 Å². The standard InChI is InChI=1S/C18H13FN8O/c19-13-8-22-5-3-11(13)12-6-14(25-18(28)17-23-9-24-27-17)16(20)26-15(12)10-2-1-4-21-7-10/h1-9H,(H2,20,26)(H,25,28)(H,23,24,27). The Morgan fingerprint density at radius 3 is 2.71 bits per heavy atom. The molecule has 4 heterocycles. The SMILES string of the molecule is Nc1nc(-c2cccnc2)c(-c2ccncc2F)cc1NC(=O)c1nc[nH]n1. The van der Waals surface area contributed by atoms with E-state index in [0.717, 1.165) is 6.20 Å². The Kier molecular flexibility index (Phi) is 4.42. The molecule has 0 aliphatic rings. The highest BCUT2D eigenvalue weighted by Crippen LogP contribution is 2.35. The van der Waals surface area contributed by atoms with Crippen LogP contribution in [0.2, 0.25) is 0 Å². The Morgan fingerprint density at radius 2 is 2.00 bits per heavy atom. The number of rotatable bonds is 4. The van der Waals surface area contributed by atoms with Gasteiger partial charge < -0.3 is 11.1 Å². The van der Waals surface area contributed by atoms with Crippen LogP contribution in [0.3, 0.4) is 0 Å². The van der Waals surface area contributed by atoms with Gasteiger partial charge in [0, 0.05) is 35.3 Å². The highest BCUT2D eigenvalue weighted by atomic mass is 19.1. The van der Waals surface area contributed by atoms with Crippen LogP contribution in [0, 0.1) is 5.82 Å². The van der Waals surface area contributed by atoms with E-state index in [1.165, 1.54) is 18.6 Å². The van der Waals surface area contributed by atoms with E-state index in [1.54, 1.807) is 30.6 Å². The lowest BCUT2D eigenvalue weighted by Crippen LogP contribution is -2.16. The molecule has 0 saturated carbocycles. The van der Waals surface area contributed by atoms with E-state index in [-0.39, 0.29) is 22.9 Å². The lowest BCUT2D eigenvalue weighted by molar-refractivity contribution is 0.101. The van der Waals surface area contributed by atoms with Crippen molar-refractivity contribution in [2.45, 2.75) is 0 Å². The molecule has 4 N–H and O–H groups in total. The number of nitrogens with one attached hydrogen (secondary N) is 2. The van der Waals surface area contributed by atoms with Gasteiger partial charge in [0.05, 0.1) is 17.6 Å². The second-order valence-corrected chi connectivity index (χ2v) is 5.69. The second-order valence-electron chi connectivity index (χ2n) is 5.69. The fourth-order valence-corrected chi connectivity index (χ4v) is 2.65. The number of halogens is 1. The van der Waals surface area contributed by atoms with Gasteiger partial charge in [-0.3, -0.25) is 19.9 Å². The zero-order chi connectivity index (χ0) is 19.5. The van der Waals surface area contributed by atoms with Crippen LogP contribution in [0.1, 0.15) is 10.6 Å². The minimum atomic E-state index is -0.579. The third-order valence-electron chi connectivity index (χ3n) is 3.92. The number of aromatic amines is 1. The van der Waals surface area contributed by atoms with Crippen molar-refractivity contribution in [2.75, 3.05) is 11.1 Å². The van der Waals surface area contributed by atoms with Gasteiger partial charge in [-0.05, 0) is 24.3 Å². The molecule has 28 heavy (non-hydrogen) atoms. The Balaban J connectivity index is 1.85. The van der Waals surface area contributed by atoms with E-state index in [9.17, 15) is 9.18 Å². The second kappa shape index (κ2) is 7.19. The summed E-state index contributed by atoms with van der Waals surface area (Å²) >= 11 is 0. The Morgan fingerprint density at radius 1 is 1.14 bits per heavy atom. The summed E-state index contributed by atoms with van der Waals surface area (Å²) in [7, 11) is 0. The van der Waals surface area contributed by atoms with Crippen LogP contribution in [-0.2, 0) is 0 Å². The normalized spacial score (nSPS) is 10.6. The summed E-state index contributed by atoms with van der Waals surface area (Å²) in [6.45, 7) is 0. The maximum atomic E-state index is 14.4. The molecule has 4 rings (SSSR count). The third kappa shape index (κ3) is 3.26. The van der Waals surface area contributed by atoms with E-state index in [4.69, 9.17) is 5.73 Å². The molecule has 4 aromatic heterocycles. The van der Waals surface area contributed by atoms with E-state index < -0.39 is 11.7 Å². The quantitative estimate of drug-likeness (QED) is 0.497. The third-order valence-corrected chi connectivity index (χ3v) is 3.92. The van der Waals surface area contributed by atoms with Crippen molar-refractivity contribution in [3.05, 3.63) is 67.0 Å². The van der Waals surface area contributed by atoms with Crippen molar-refractivity contribution in [1.82, 2.24) is 30.1 Å². The minimum absolute atomic E-state index is 0.0564. The summed E-state index contributed by atoms with van der Waals surface area (Å²) in [5.74, 6) is -1.12. The number of nitrogen functional groups attached to an aromatic ring is 1. The minimum Gasteiger partial charge on any atom is -0.382 e. The zero-order valence-electron chi connectivity index (χ0n) is 14.3. The molecule has 0 bridgehead atoms. The van der Waals surface area contributed by atoms with Crippen LogP contribution in [0.4, 0.5) is 15.9 Å². The number of carbonyl (C=O) groups excluding carboxylic acids is 1. The molecule has 0 aliphatic heterocycles. The van der Waals surface area contributed by atoms with Gasteiger partial charge in [-0.2, -0.15) is 0 Å². The molecule has 138 valence electrons. The van der Waals surface area contributed by atoms with Crippen LogP contribution < -0.4 is 11.1 Å². The number of amides is 1. The molecule has 0 saturated heterocycles. The molecular formula is C18H13FN8O. The van der Waals surface area contributed by atoms with E-state index in [0.29, 0.717) is 16.8 Å². The first-order valence-corrected chi connectivity index (χ1v) is 8.11. The average molecular weight is 376 g/mol. The largest absolute Gasteiger partial charge is 0.382 e. The number of nitrogens with two attached hydrogens (primary N) is 1. The Hall–Kier alpha value is -4.21. The predicted molar refractivity (Wildman–Crippen MR) is 99.4 cm³/mol. The molecule has 10 heteroatoms. The zero-order valence-corrected chi connectivity index (χ0v) is 14.3. The number of aromatic nitrogens is 6. The Labute approximate surface area is 157 Å². The molecule has 1 amide bonds. The van der Waals surface area contributed by atoms with Crippen LogP contribution in [0.25, 0.3) is 22.4 Å². The lowest BCUT2D eigenvalue weighted by atomic mass is 10.00. The first-order valence-electron chi connectivity index (χ1n) is 8.11. The summed E-state index contributed by atoms with van der Waals surface area (Å²) in [4.78, 5) is 28.3. The van der Waals surface area contributed by atoms with Gasteiger partial charge in [-0.15, -0.1) is 5.10 Å². The number of hydrogen-bond donors (Lipinski definition) is 3. The topological polar surface area (TPSA) is 135 Å². The van der Waals surface area contributed by atoms with Crippen LogP contribution in [-0.4, -0.2) is 36.0 Å². The van der Waals surface area contributed by atoms with E-state index in [1.807, 2.05) is 0 Å². The van der Waals surface area contributed by atoms with Crippen LogP contribution in [0.15, 0.2) is 55.4 Å². The first kappa shape index (κ1) is 17.2. The van der Waals surface area contributed by atoms with Crippen molar-refractivity contribution in [1.29, 1.82) is 0 Å². The maximum Gasteiger partial charge on any atom is 0.295 e. The first-order chi connectivity index (χ1) is 13.6. The molecule has 9 nitrogen and oxygen atoms in total. The molecule has 0 aliphatic carbocycles. The molecule has 0 spiro atoms. The van der Waals surface area contributed by atoms with Crippen molar-refractivity contribution in [2.24, 2.45) is 0 Å². The van der Waals surface area contributed by atoms with Gasteiger partial charge in [0.15, 0.2) is 0 Å². The van der Waals surface area contributed by atoms with Crippen LogP contribution in [0.5, 0.6) is 0 Å². The highest BCUT2D eigenvalue weighted by molar-refractivity contribution is 6.03. The number of nitrogens with zero attached hydrogens (tertiary/aromatic N) is 5. The fraction of sp³-hybridized carbons (Fsp3) is 0. The number of H-pyrrole nitrogens is 1. The summed E-state index contributed by atoms with van der Waals surface area (Å²) in [5, 5.41) is 8.77. The summed E-state index contributed by atoms with van der Waals surface area (Å²) in [6.07, 6.45) is 7.05. The van der Waals surface area contributed by atoms with Gasteiger partial charge in [-0.25, -0.2) is 14.4 Å². The van der Waals surface area contributed by atoms with Crippen molar-refractivity contribution < 1.29 is 9.18 Å². The van der Waals surface area contributed by atoms with E-state index >= 15 is 0 Å². The number of pyridine rings is 3. The van der Waals surface area contributed by atoms with Gasteiger partial charge in [0.1, 0.15) is 18.0 Å². The molecule has 0 radical (unpaired) electrons. The number of carbonyl (C=O) groups is 1. The fourth-order valence-electron chi connectivity index (χ4n) is 2.65. The van der Waals surface area contributed by atoms with Crippen molar-refractivity contribution >= 4 is 17.4 Å². The predicted octanol–water partition coefficient (Wildman–Crippen LogP) is 2.30. The summed E-state index contributed by atoms with van der Waals surface area (Å²) < 4.78 is 14.4. The van der Waals surface area contributed by atoms with E-state index in [2.05, 4.69) is 35.5 Å². The molecule has 0 unspecified atom stereocenters. The molecular weight excluding hydrogens is 363 g/mol. The number of anilines is 2. The molecule has 0 atom stereocenters. The summed E-state index contributed by atoms with van der Waals surface area (Å²) in [6, 6.07) is 6.58. The Bertz CT molecular complexity index is 1130. The highest BCUT2D eigenvalue weighted by Gasteiger charge is 2.19. The maximum absolute atomic E-state index is 14.4. The van der Waals surface area contributed by atoms with Gasteiger partial charge in [0.25, 0.3) is 5.91 Å². The van der Waals surface area contributed by atoms with Gasteiger partial charge >= 0.3 is 0 Å². The number of hydrogen-bond acceptors (Lipinski definition) is 7. The molecule has 0 fully saturated rings. The lowest BCUT2D eigenvalue weighted by Gasteiger charge is -2.14. The smallest absolute Gasteiger partial charge is 0.295 e.